The molecule has 1 heteroatoms. The Hall–Kier alpha value is -6.18. The maximum atomic E-state index is 2.39. The minimum Gasteiger partial charge on any atom is -0.310 e. The normalized spacial score (nSPS) is 11.0. The summed E-state index contributed by atoms with van der Waals surface area (Å²) in [5.41, 5.74) is 13.0. The molecule has 0 aromatic heterocycles. The molecule has 0 unspecified atom stereocenters. The molecular weight excluding hydrogens is 567 g/mol. The van der Waals surface area contributed by atoms with Gasteiger partial charge in [-0.05, 0) is 92.2 Å². The van der Waals surface area contributed by atoms with Crippen molar-refractivity contribution in [2.24, 2.45) is 0 Å². The summed E-state index contributed by atoms with van der Waals surface area (Å²) in [6.07, 6.45) is 0. The van der Waals surface area contributed by atoms with Gasteiger partial charge in [-0.25, -0.2) is 0 Å². The molecule has 0 fully saturated rings. The fraction of sp³-hybridized carbons (Fsp3) is 0. The maximum Gasteiger partial charge on any atom is 0.0540 e. The molecule has 0 atom stereocenters. The number of nitrogens with zero attached hydrogens (tertiary/aromatic N) is 1. The van der Waals surface area contributed by atoms with Crippen molar-refractivity contribution in [1.82, 2.24) is 0 Å². The van der Waals surface area contributed by atoms with Gasteiger partial charge in [0.25, 0.3) is 0 Å². The average molecular weight is 600 g/mol. The van der Waals surface area contributed by atoms with E-state index in [1.54, 1.807) is 0 Å². The zero-order valence-corrected chi connectivity index (χ0v) is 26.0. The molecule has 0 spiro atoms. The summed E-state index contributed by atoms with van der Waals surface area (Å²) in [7, 11) is 0. The van der Waals surface area contributed by atoms with Gasteiger partial charge < -0.3 is 4.90 Å². The second-order valence-electron chi connectivity index (χ2n) is 11.8. The second kappa shape index (κ2) is 12.7. The molecule has 8 aromatic rings. The fourth-order valence-electron chi connectivity index (χ4n) is 6.51. The summed E-state index contributed by atoms with van der Waals surface area (Å²) in [5, 5.41) is 2.46. The molecule has 222 valence electrons. The first-order valence-electron chi connectivity index (χ1n) is 16.1. The topological polar surface area (TPSA) is 3.24 Å². The van der Waals surface area contributed by atoms with Crippen LogP contribution in [0.25, 0.3) is 55.3 Å². The van der Waals surface area contributed by atoms with Crippen LogP contribution in [0.3, 0.4) is 0 Å². The van der Waals surface area contributed by atoms with Crippen molar-refractivity contribution >= 4 is 27.8 Å². The first-order valence-corrected chi connectivity index (χ1v) is 16.1. The van der Waals surface area contributed by atoms with Gasteiger partial charge in [0.2, 0.25) is 0 Å². The number of para-hydroxylation sites is 1. The fourth-order valence-corrected chi connectivity index (χ4v) is 6.51. The van der Waals surface area contributed by atoms with Crippen LogP contribution in [-0.2, 0) is 0 Å². The smallest absolute Gasteiger partial charge is 0.0540 e. The lowest BCUT2D eigenvalue weighted by atomic mass is 9.90. The van der Waals surface area contributed by atoms with Gasteiger partial charge in [-0.15, -0.1) is 0 Å². The molecule has 0 aliphatic carbocycles. The third-order valence-corrected chi connectivity index (χ3v) is 8.87. The highest BCUT2D eigenvalue weighted by Gasteiger charge is 2.20. The molecule has 1 nitrogen and oxygen atoms in total. The Labute approximate surface area is 276 Å². The number of rotatable bonds is 7. The number of hydrogen-bond acceptors (Lipinski definition) is 1. The van der Waals surface area contributed by atoms with Crippen LogP contribution in [0.4, 0.5) is 17.1 Å². The van der Waals surface area contributed by atoms with Gasteiger partial charge in [-0.3, -0.25) is 0 Å². The number of hydrogen-bond donors (Lipinski definition) is 0. The largest absolute Gasteiger partial charge is 0.310 e. The molecule has 0 radical (unpaired) electrons. The van der Waals surface area contributed by atoms with E-state index >= 15 is 0 Å². The van der Waals surface area contributed by atoms with Crippen LogP contribution < -0.4 is 4.90 Å². The maximum absolute atomic E-state index is 2.39. The predicted octanol–water partition coefficient (Wildman–Crippen LogP) is 13.0. The molecule has 0 N–H and O–H groups in total. The Morgan fingerprint density at radius 3 is 1.15 bits per heavy atom. The third-order valence-electron chi connectivity index (χ3n) is 8.87. The van der Waals surface area contributed by atoms with Crippen LogP contribution >= 0.6 is 0 Å². The van der Waals surface area contributed by atoms with Crippen LogP contribution in [0.1, 0.15) is 0 Å². The molecule has 0 saturated carbocycles. The van der Waals surface area contributed by atoms with Crippen LogP contribution in [-0.4, -0.2) is 0 Å². The summed E-state index contributed by atoms with van der Waals surface area (Å²) in [4.78, 5) is 2.39. The Bertz CT molecular complexity index is 2170. The molecular formula is C46H33N. The van der Waals surface area contributed by atoms with Gasteiger partial charge in [0.1, 0.15) is 0 Å². The number of anilines is 3. The molecule has 47 heavy (non-hydrogen) atoms. The van der Waals surface area contributed by atoms with E-state index in [0.717, 1.165) is 17.1 Å². The van der Waals surface area contributed by atoms with Crippen LogP contribution in [0.2, 0.25) is 0 Å². The molecule has 0 saturated heterocycles. The van der Waals surface area contributed by atoms with E-state index in [9.17, 15) is 0 Å². The van der Waals surface area contributed by atoms with Crippen LogP contribution in [0.5, 0.6) is 0 Å². The van der Waals surface area contributed by atoms with Crippen molar-refractivity contribution in [2.75, 3.05) is 4.90 Å². The Morgan fingerprint density at radius 2 is 0.638 bits per heavy atom. The molecule has 0 heterocycles. The van der Waals surface area contributed by atoms with E-state index in [0.29, 0.717) is 0 Å². The lowest BCUT2D eigenvalue weighted by Crippen LogP contribution is -2.11. The van der Waals surface area contributed by atoms with E-state index in [1.165, 1.54) is 55.3 Å². The van der Waals surface area contributed by atoms with E-state index in [4.69, 9.17) is 0 Å². The summed E-state index contributed by atoms with van der Waals surface area (Å²) in [5.74, 6) is 0. The van der Waals surface area contributed by atoms with Crippen molar-refractivity contribution in [3.05, 3.63) is 200 Å². The van der Waals surface area contributed by atoms with Gasteiger partial charge in [0.05, 0.1) is 5.69 Å². The van der Waals surface area contributed by atoms with E-state index in [-0.39, 0.29) is 0 Å². The highest BCUT2D eigenvalue weighted by atomic mass is 15.1. The van der Waals surface area contributed by atoms with Crippen molar-refractivity contribution in [2.45, 2.75) is 0 Å². The van der Waals surface area contributed by atoms with Gasteiger partial charge >= 0.3 is 0 Å². The molecule has 0 aliphatic heterocycles. The standard InChI is InChI=1S/C46H33N/c1-4-14-34(15-5-1)36-24-28-41(29-25-36)47(42-30-26-37(27-31-42)35-16-6-2-7-17-35)46-23-13-12-22-43(46)45-33-40-21-11-10-20-39(40)32-44(45)38-18-8-3-9-19-38/h1-33H. The highest BCUT2D eigenvalue weighted by molar-refractivity contribution is 6.00. The molecule has 0 bridgehead atoms. The zero-order valence-electron chi connectivity index (χ0n) is 26.0. The molecule has 8 rings (SSSR count). The minimum atomic E-state index is 1.10. The van der Waals surface area contributed by atoms with Crippen molar-refractivity contribution in [3.63, 3.8) is 0 Å². The lowest BCUT2D eigenvalue weighted by Gasteiger charge is -2.29. The summed E-state index contributed by atoms with van der Waals surface area (Å²) >= 11 is 0. The van der Waals surface area contributed by atoms with E-state index < -0.39 is 0 Å². The van der Waals surface area contributed by atoms with Crippen LogP contribution in [0, 0.1) is 0 Å². The predicted molar refractivity (Wildman–Crippen MR) is 200 cm³/mol. The lowest BCUT2D eigenvalue weighted by molar-refractivity contribution is 1.28. The van der Waals surface area contributed by atoms with E-state index in [1.807, 2.05) is 0 Å². The van der Waals surface area contributed by atoms with Gasteiger partial charge in [0, 0.05) is 16.9 Å². The molecule has 0 aliphatic rings. The van der Waals surface area contributed by atoms with Crippen molar-refractivity contribution in [3.8, 4) is 44.5 Å². The quantitative estimate of drug-likeness (QED) is 0.176. The average Bonchev–Trinajstić information content (AvgIpc) is 3.16. The van der Waals surface area contributed by atoms with Crippen molar-refractivity contribution < 1.29 is 0 Å². The summed E-state index contributed by atoms with van der Waals surface area (Å²) in [6, 6.07) is 71.9. The van der Waals surface area contributed by atoms with Crippen LogP contribution in [0.15, 0.2) is 200 Å². The van der Waals surface area contributed by atoms with Gasteiger partial charge in [-0.1, -0.05) is 158 Å². The number of fused-ring (bicyclic) bond motifs is 1. The molecule has 0 amide bonds. The van der Waals surface area contributed by atoms with Gasteiger partial charge in [0.15, 0.2) is 0 Å². The third kappa shape index (κ3) is 5.72. The SMILES string of the molecule is c1ccc(-c2ccc(N(c3ccc(-c4ccccc4)cc3)c3ccccc3-c3cc4ccccc4cc3-c3ccccc3)cc2)cc1. The highest BCUT2D eigenvalue weighted by Crippen LogP contribution is 2.45. The first-order chi connectivity index (χ1) is 23.3. The monoisotopic (exact) mass is 599 g/mol. The molecule has 8 aromatic carbocycles. The summed E-state index contributed by atoms with van der Waals surface area (Å²) < 4.78 is 0. The first kappa shape index (κ1) is 28.3. The Morgan fingerprint density at radius 1 is 0.255 bits per heavy atom. The second-order valence-corrected chi connectivity index (χ2v) is 11.8. The van der Waals surface area contributed by atoms with Gasteiger partial charge in [-0.2, -0.15) is 0 Å². The Balaban J connectivity index is 1.32. The number of benzene rings is 8. The van der Waals surface area contributed by atoms with Crippen molar-refractivity contribution in [1.29, 1.82) is 0 Å². The minimum absolute atomic E-state index is 1.10. The summed E-state index contributed by atoms with van der Waals surface area (Å²) in [6.45, 7) is 0. The zero-order chi connectivity index (χ0) is 31.4. The Kier molecular flexibility index (Phi) is 7.63. The van der Waals surface area contributed by atoms with E-state index in [2.05, 4.69) is 205 Å².